The normalized spacial score (nSPS) is 10.6. The Bertz CT molecular complexity index is 431. The minimum Gasteiger partial charge on any atom is -0.484 e. The first-order valence-electron chi connectivity index (χ1n) is 5.72. The van der Waals surface area contributed by atoms with Gasteiger partial charge >= 0.3 is 0 Å². The number of hydrogen-bond donors (Lipinski definition) is 2. The van der Waals surface area contributed by atoms with Gasteiger partial charge in [0.25, 0.3) is 5.91 Å². The van der Waals surface area contributed by atoms with Crippen molar-refractivity contribution in [3.05, 3.63) is 28.8 Å². The molecule has 0 aromatic heterocycles. The van der Waals surface area contributed by atoms with Crippen molar-refractivity contribution < 1.29 is 9.53 Å². The highest BCUT2D eigenvalue weighted by atomic mass is 35.5. The van der Waals surface area contributed by atoms with Gasteiger partial charge in [0.05, 0.1) is 0 Å². The smallest absolute Gasteiger partial charge is 0.258 e. The molecule has 0 saturated carbocycles. The first kappa shape index (κ1) is 18.0. The lowest BCUT2D eigenvalue weighted by molar-refractivity contribution is -0.123. The Balaban J connectivity index is 0.00000324. The number of benzene rings is 1. The molecule has 0 saturated heterocycles. The maximum atomic E-state index is 11.5. The number of ether oxygens (including phenoxy) is 1. The SMILES string of the molecule is Cc1cc(OCC(=O)NCC(C)(C)N)ccc1Cl.Cl. The summed E-state index contributed by atoms with van der Waals surface area (Å²) in [6, 6.07) is 5.27. The molecule has 0 aliphatic carbocycles. The average molecular weight is 307 g/mol. The van der Waals surface area contributed by atoms with Crippen LogP contribution >= 0.6 is 24.0 Å². The fraction of sp³-hybridized carbons (Fsp3) is 0.462. The van der Waals surface area contributed by atoms with Crippen molar-refractivity contribution in [3.63, 3.8) is 0 Å². The molecule has 3 N–H and O–H groups in total. The highest BCUT2D eigenvalue weighted by Gasteiger charge is 2.12. The zero-order valence-corrected chi connectivity index (χ0v) is 12.9. The van der Waals surface area contributed by atoms with Gasteiger partial charge in [0.1, 0.15) is 5.75 Å². The van der Waals surface area contributed by atoms with Gasteiger partial charge in [0, 0.05) is 17.1 Å². The number of amides is 1. The lowest BCUT2D eigenvalue weighted by atomic mass is 10.1. The van der Waals surface area contributed by atoms with Gasteiger partial charge in [-0.05, 0) is 44.5 Å². The number of nitrogens with one attached hydrogen (secondary N) is 1. The summed E-state index contributed by atoms with van der Waals surface area (Å²) < 4.78 is 5.36. The van der Waals surface area contributed by atoms with Crippen molar-refractivity contribution in [2.45, 2.75) is 26.3 Å². The molecule has 0 bridgehead atoms. The third-order valence-electron chi connectivity index (χ3n) is 2.24. The second-order valence-corrected chi connectivity index (χ2v) is 5.37. The molecule has 19 heavy (non-hydrogen) atoms. The second kappa shape index (κ2) is 7.58. The van der Waals surface area contributed by atoms with Crippen molar-refractivity contribution in [1.82, 2.24) is 5.32 Å². The van der Waals surface area contributed by atoms with E-state index >= 15 is 0 Å². The quantitative estimate of drug-likeness (QED) is 0.877. The number of carbonyl (C=O) groups excluding carboxylic acids is 1. The summed E-state index contributed by atoms with van der Waals surface area (Å²) in [7, 11) is 0. The summed E-state index contributed by atoms with van der Waals surface area (Å²) in [6.45, 7) is 5.95. The first-order chi connectivity index (χ1) is 8.28. The number of nitrogens with two attached hydrogens (primary N) is 1. The van der Waals surface area contributed by atoms with Crippen molar-refractivity contribution >= 4 is 29.9 Å². The van der Waals surface area contributed by atoms with Crippen molar-refractivity contribution in [2.24, 2.45) is 5.73 Å². The maximum Gasteiger partial charge on any atom is 0.258 e. The minimum absolute atomic E-state index is 0. The molecular formula is C13H20Cl2N2O2. The van der Waals surface area contributed by atoms with Crippen LogP contribution < -0.4 is 15.8 Å². The maximum absolute atomic E-state index is 11.5. The van der Waals surface area contributed by atoms with E-state index in [0.29, 0.717) is 17.3 Å². The highest BCUT2D eigenvalue weighted by Crippen LogP contribution is 2.20. The molecule has 0 aliphatic rings. The second-order valence-electron chi connectivity index (χ2n) is 4.96. The zero-order chi connectivity index (χ0) is 13.8. The van der Waals surface area contributed by atoms with E-state index in [1.165, 1.54) is 0 Å². The van der Waals surface area contributed by atoms with Gasteiger partial charge in [0.15, 0.2) is 6.61 Å². The van der Waals surface area contributed by atoms with Crippen LogP contribution in [-0.4, -0.2) is 24.6 Å². The lowest BCUT2D eigenvalue weighted by Gasteiger charge is -2.18. The van der Waals surface area contributed by atoms with E-state index in [4.69, 9.17) is 22.1 Å². The number of carbonyl (C=O) groups is 1. The molecule has 0 radical (unpaired) electrons. The highest BCUT2D eigenvalue weighted by molar-refractivity contribution is 6.31. The fourth-order valence-corrected chi connectivity index (χ4v) is 1.35. The third-order valence-corrected chi connectivity index (χ3v) is 2.66. The van der Waals surface area contributed by atoms with Gasteiger partial charge < -0.3 is 15.8 Å². The molecule has 4 nitrogen and oxygen atoms in total. The summed E-state index contributed by atoms with van der Waals surface area (Å²) in [4.78, 5) is 11.5. The van der Waals surface area contributed by atoms with Gasteiger partial charge in [-0.15, -0.1) is 12.4 Å². The van der Waals surface area contributed by atoms with Crippen LogP contribution in [0.1, 0.15) is 19.4 Å². The molecule has 108 valence electrons. The van der Waals surface area contributed by atoms with Gasteiger partial charge in [-0.1, -0.05) is 11.6 Å². The molecule has 6 heteroatoms. The van der Waals surface area contributed by atoms with Crippen molar-refractivity contribution in [3.8, 4) is 5.75 Å². The molecule has 1 aromatic carbocycles. The van der Waals surface area contributed by atoms with E-state index < -0.39 is 5.54 Å². The predicted octanol–water partition coefficient (Wildman–Crippen LogP) is 2.30. The van der Waals surface area contributed by atoms with Gasteiger partial charge in [0.2, 0.25) is 0 Å². The first-order valence-corrected chi connectivity index (χ1v) is 6.10. The van der Waals surface area contributed by atoms with E-state index in [9.17, 15) is 4.79 Å². The molecule has 0 fully saturated rings. The summed E-state index contributed by atoms with van der Waals surface area (Å²) in [5.41, 5.74) is 6.25. The van der Waals surface area contributed by atoms with Crippen LogP contribution in [0.5, 0.6) is 5.75 Å². The van der Waals surface area contributed by atoms with E-state index in [1.54, 1.807) is 18.2 Å². The third kappa shape index (κ3) is 7.25. The minimum atomic E-state index is -0.424. The van der Waals surface area contributed by atoms with E-state index in [0.717, 1.165) is 5.56 Å². The predicted molar refractivity (Wildman–Crippen MR) is 80.2 cm³/mol. The van der Waals surface area contributed by atoms with Crippen molar-refractivity contribution in [2.75, 3.05) is 13.2 Å². The molecule has 1 amide bonds. The van der Waals surface area contributed by atoms with Crippen LogP contribution in [0.3, 0.4) is 0 Å². The van der Waals surface area contributed by atoms with E-state index in [2.05, 4.69) is 5.32 Å². The molecule has 1 aromatic rings. The molecule has 0 unspecified atom stereocenters. The largest absolute Gasteiger partial charge is 0.484 e. The fourth-order valence-electron chi connectivity index (χ4n) is 1.23. The number of aryl methyl sites for hydroxylation is 1. The van der Waals surface area contributed by atoms with Crippen molar-refractivity contribution in [1.29, 1.82) is 0 Å². The Kier molecular flexibility index (Phi) is 7.19. The Morgan fingerprint density at radius 3 is 2.63 bits per heavy atom. The summed E-state index contributed by atoms with van der Waals surface area (Å²) in [6.07, 6.45) is 0. The van der Waals surface area contributed by atoms with Gasteiger partial charge in [-0.3, -0.25) is 4.79 Å². The van der Waals surface area contributed by atoms with Crippen LogP contribution in [0.15, 0.2) is 18.2 Å². The van der Waals surface area contributed by atoms with Crippen LogP contribution in [0, 0.1) is 6.92 Å². The molecule has 0 heterocycles. The summed E-state index contributed by atoms with van der Waals surface area (Å²) >= 11 is 5.89. The summed E-state index contributed by atoms with van der Waals surface area (Å²) in [5, 5.41) is 3.38. The standard InChI is InChI=1S/C13H19ClN2O2.ClH/c1-9-6-10(4-5-11(9)14)18-7-12(17)16-8-13(2,3)15;/h4-6H,7-8,15H2,1-3H3,(H,16,17);1H. The molecule has 0 spiro atoms. The van der Waals surface area contributed by atoms with Crippen LogP contribution in [0.4, 0.5) is 0 Å². The van der Waals surface area contributed by atoms with Gasteiger partial charge in [-0.25, -0.2) is 0 Å². The lowest BCUT2D eigenvalue weighted by Crippen LogP contribution is -2.46. The molecule has 1 rings (SSSR count). The molecule has 0 atom stereocenters. The van der Waals surface area contributed by atoms with Gasteiger partial charge in [-0.2, -0.15) is 0 Å². The van der Waals surface area contributed by atoms with Crippen LogP contribution in [0.25, 0.3) is 0 Å². The molecular weight excluding hydrogens is 287 g/mol. The van der Waals surface area contributed by atoms with E-state index in [1.807, 2.05) is 20.8 Å². The Hall–Kier alpha value is -0.970. The Morgan fingerprint density at radius 2 is 2.11 bits per heavy atom. The summed E-state index contributed by atoms with van der Waals surface area (Å²) in [5.74, 6) is 0.431. The number of hydrogen-bond acceptors (Lipinski definition) is 3. The van der Waals surface area contributed by atoms with Crippen LogP contribution in [0.2, 0.25) is 5.02 Å². The monoisotopic (exact) mass is 306 g/mol. The Labute approximate surface area is 125 Å². The number of rotatable bonds is 5. The number of halogens is 2. The van der Waals surface area contributed by atoms with E-state index in [-0.39, 0.29) is 24.9 Å². The zero-order valence-electron chi connectivity index (χ0n) is 11.3. The van der Waals surface area contributed by atoms with Crippen LogP contribution in [-0.2, 0) is 4.79 Å². The Morgan fingerprint density at radius 1 is 1.47 bits per heavy atom. The molecule has 0 aliphatic heterocycles. The topological polar surface area (TPSA) is 64.3 Å². The average Bonchev–Trinajstić information content (AvgIpc) is 2.27.